The van der Waals surface area contributed by atoms with Crippen molar-refractivity contribution in [3.05, 3.63) is 29.3 Å². The van der Waals surface area contributed by atoms with Gasteiger partial charge in [0.2, 0.25) is 0 Å². The molecule has 2 bridgehead atoms. The van der Waals surface area contributed by atoms with E-state index < -0.39 is 5.41 Å². The van der Waals surface area contributed by atoms with Crippen molar-refractivity contribution in [2.45, 2.75) is 47.0 Å². The lowest BCUT2D eigenvalue weighted by Gasteiger charge is -2.33. The van der Waals surface area contributed by atoms with Gasteiger partial charge in [-0.25, -0.2) is 0 Å². The third-order valence-electron chi connectivity index (χ3n) is 5.65. The van der Waals surface area contributed by atoms with Gasteiger partial charge in [-0.1, -0.05) is 19.9 Å². The van der Waals surface area contributed by atoms with Crippen LogP contribution in [0.2, 0.25) is 0 Å². The highest BCUT2D eigenvalue weighted by Crippen LogP contribution is 2.64. The highest BCUT2D eigenvalue weighted by Gasteiger charge is 2.69. The van der Waals surface area contributed by atoms with E-state index in [0.29, 0.717) is 24.5 Å². The van der Waals surface area contributed by atoms with Crippen LogP contribution in [0.5, 0.6) is 5.75 Å². The molecule has 1 aromatic carbocycles. The van der Waals surface area contributed by atoms with Gasteiger partial charge in [0.25, 0.3) is 0 Å². The summed E-state index contributed by atoms with van der Waals surface area (Å²) in [4.78, 5) is 25.2. The van der Waals surface area contributed by atoms with Crippen LogP contribution in [0.4, 0.5) is 0 Å². The number of benzene rings is 1. The molecule has 3 nitrogen and oxygen atoms in total. The molecule has 0 aliphatic heterocycles. The minimum absolute atomic E-state index is 0.0677. The Bertz CT molecular complexity index is 609. The Morgan fingerprint density at radius 3 is 2.29 bits per heavy atom. The lowest BCUT2D eigenvalue weighted by molar-refractivity contribution is -0.156. The molecular formula is C18H22O3. The summed E-state index contributed by atoms with van der Waals surface area (Å²) in [7, 11) is 0. The van der Waals surface area contributed by atoms with Crippen LogP contribution in [-0.4, -0.2) is 11.8 Å². The van der Waals surface area contributed by atoms with Crippen molar-refractivity contribution in [2.75, 3.05) is 0 Å². The first kappa shape index (κ1) is 14.3. The van der Waals surface area contributed by atoms with Crippen molar-refractivity contribution in [3.8, 4) is 5.75 Å². The van der Waals surface area contributed by atoms with Crippen molar-refractivity contribution < 1.29 is 14.3 Å². The second-order valence-electron chi connectivity index (χ2n) is 7.20. The average molecular weight is 286 g/mol. The number of hydrogen-bond acceptors (Lipinski definition) is 3. The van der Waals surface area contributed by atoms with Gasteiger partial charge in [-0.2, -0.15) is 0 Å². The molecule has 0 N–H and O–H groups in total. The summed E-state index contributed by atoms with van der Waals surface area (Å²) in [5.74, 6) is 0.572. The second kappa shape index (κ2) is 4.43. The van der Waals surface area contributed by atoms with Gasteiger partial charge in [0.15, 0.2) is 5.78 Å². The Hall–Kier alpha value is -1.64. The zero-order valence-corrected chi connectivity index (χ0v) is 13.2. The molecule has 0 aromatic heterocycles. The molecule has 2 aliphatic rings. The van der Waals surface area contributed by atoms with E-state index in [1.54, 1.807) is 0 Å². The van der Waals surface area contributed by atoms with Crippen LogP contribution in [0.25, 0.3) is 0 Å². The normalized spacial score (nSPS) is 29.7. The Balaban J connectivity index is 1.93. The van der Waals surface area contributed by atoms with E-state index in [4.69, 9.17) is 4.74 Å². The number of hydrogen-bond donors (Lipinski definition) is 0. The molecule has 2 unspecified atom stereocenters. The van der Waals surface area contributed by atoms with E-state index in [2.05, 4.69) is 0 Å². The molecule has 21 heavy (non-hydrogen) atoms. The Labute approximate surface area is 125 Å². The number of fused-ring (bicyclic) bond motifs is 2. The topological polar surface area (TPSA) is 43.4 Å². The van der Waals surface area contributed by atoms with Gasteiger partial charge in [-0.3, -0.25) is 9.59 Å². The number of carbonyl (C=O) groups excluding carboxylic acids is 2. The number of ketones is 1. The first-order valence-electron chi connectivity index (χ1n) is 7.61. The predicted molar refractivity (Wildman–Crippen MR) is 80.1 cm³/mol. The lowest BCUT2D eigenvalue weighted by Crippen LogP contribution is -2.45. The number of ether oxygens (including phenoxy) is 1. The number of carbonyl (C=O) groups is 2. The molecule has 0 heterocycles. The molecule has 3 heteroatoms. The zero-order chi connectivity index (χ0) is 15.4. The summed E-state index contributed by atoms with van der Waals surface area (Å²) >= 11 is 0. The molecule has 2 atom stereocenters. The summed E-state index contributed by atoms with van der Waals surface area (Å²) in [5.41, 5.74) is 0.878. The average Bonchev–Trinajstić information content (AvgIpc) is 2.71. The fourth-order valence-electron chi connectivity index (χ4n) is 4.34. The first-order valence-corrected chi connectivity index (χ1v) is 7.61. The molecule has 1 aromatic rings. The van der Waals surface area contributed by atoms with Gasteiger partial charge >= 0.3 is 5.97 Å². The minimum Gasteiger partial charge on any atom is -0.426 e. The molecule has 0 saturated heterocycles. The fraction of sp³-hybridized carbons (Fsp3) is 0.556. The molecule has 112 valence electrons. The van der Waals surface area contributed by atoms with E-state index in [0.717, 1.165) is 17.5 Å². The molecule has 0 radical (unpaired) electrons. The van der Waals surface area contributed by atoms with Crippen LogP contribution >= 0.6 is 0 Å². The SMILES string of the molecule is Cc1cc(C)cc(OC(=O)C23CCC(CC2=O)C3(C)C)c1. The number of esters is 1. The minimum atomic E-state index is -0.935. The largest absolute Gasteiger partial charge is 0.426 e. The Morgan fingerprint density at radius 2 is 1.81 bits per heavy atom. The monoisotopic (exact) mass is 286 g/mol. The highest BCUT2D eigenvalue weighted by atomic mass is 16.5. The maximum atomic E-state index is 12.8. The summed E-state index contributed by atoms with van der Waals surface area (Å²) in [5, 5.41) is 0. The molecular weight excluding hydrogens is 264 g/mol. The van der Waals surface area contributed by atoms with Gasteiger partial charge < -0.3 is 4.74 Å². The first-order chi connectivity index (χ1) is 9.77. The van der Waals surface area contributed by atoms with E-state index in [1.165, 1.54) is 0 Å². The van der Waals surface area contributed by atoms with Crippen LogP contribution in [0.15, 0.2) is 18.2 Å². The smallest absolute Gasteiger partial charge is 0.325 e. The van der Waals surface area contributed by atoms with Crippen LogP contribution in [0.3, 0.4) is 0 Å². The number of Topliss-reactive ketones (excluding diaryl/α,β-unsaturated/α-hetero) is 1. The number of rotatable bonds is 2. The van der Waals surface area contributed by atoms with Gasteiger partial charge in [-0.15, -0.1) is 0 Å². The standard InChI is InChI=1S/C18H22O3/c1-11-7-12(2)9-14(8-11)21-16(20)18-6-5-13(10-15(18)19)17(18,3)4/h7-9,13H,5-6,10H2,1-4H3. The molecule has 0 spiro atoms. The van der Waals surface area contributed by atoms with Gasteiger partial charge in [0.1, 0.15) is 11.2 Å². The van der Waals surface area contributed by atoms with Crippen LogP contribution in [0, 0.1) is 30.6 Å². The molecule has 2 saturated carbocycles. The van der Waals surface area contributed by atoms with Gasteiger partial charge in [0.05, 0.1) is 0 Å². The summed E-state index contributed by atoms with van der Waals surface area (Å²) in [6, 6.07) is 5.73. The van der Waals surface area contributed by atoms with E-state index in [1.807, 2.05) is 45.9 Å². The van der Waals surface area contributed by atoms with Crippen molar-refractivity contribution in [3.63, 3.8) is 0 Å². The van der Waals surface area contributed by atoms with Crippen molar-refractivity contribution in [2.24, 2.45) is 16.7 Å². The molecule has 2 aliphatic carbocycles. The fourth-order valence-corrected chi connectivity index (χ4v) is 4.34. The third-order valence-corrected chi connectivity index (χ3v) is 5.65. The lowest BCUT2D eigenvalue weighted by atomic mass is 9.69. The molecule has 3 rings (SSSR count). The van der Waals surface area contributed by atoms with Gasteiger partial charge in [-0.05, 0) is 61.3 Å². The maximum absolute atomic E-state index is 12.8. The van der Waals surface area contributed by atoms with Crippen LogP contribution in [-0.2, 0) is 9.59 Å². The predicted octanol–water partition coefficient (Wildman–Crippen LogP) is 3.60. The summed E-state index contributed by atoms with van der Waals surface area (Å²) in [6.07, 6.45) is 2.10. The Morgan fingerprint density at radius 1 is 1.19 bits per heavy atom. The second-order valence-corrected chi connectivity index (χ2v) is 7.20. The van der Waals surface area contributed by atoms with E-state index in [9.17, 15) is 9.59 Å². The third kappa shape index (κ3) is 1.86. The summed E-state index contributed by atoms with van der Waals surface area (Å²) < 4.78 is 5.63. The van der Waals surface area contributed by atoms with Crippen LogP contribution in [0.1, 0.15) is 44.2 Å². The summed E-state index contributed by atoms with van der Waals surface area (Å²) in [6.45, 7) is 8.02. The molecule has 0 amide bonds. The highest BCUT2D eigenvalue weighted by molar-refractivity contribution is 6.08. The molecule has 2 fully saturated rings. The van der Waals surface area contributed by atoms with Crippen molar-refractivity contribution >= 4 is 11.8 Å². The quantitative estimate of drug-likeness (QED) is 0.474. The maximum Gasteiger partial charge on any atom is 0.325 e. The Kier molecular flexibility index (Phi) is 3.01. The van der Waals surface area contributed by atoms with E-state index in [-0.39, 0.29) is 17.2 Å². The van der Waals surface area contributed by atoms with Crippen LogP contribution < -0.4 is 4.74 Å². The number of aryl methyl sites for hydroxylation is 2. The van der Waals surface area contributed by atoms with Crippen molar-refractivity contribution in [1.82, 2.24) is 0 Å². The van der Waals surface area contributed by atoms with Crippen molar-refractivity contribution in [1.29, 1.82) is 0 Å². The zero-order valence-electron chi connectivity index (χ0n) is 13.2. The van der Waals surface area contributed by atoms with E-state index >= 15 is 0 Å². The van der Waals surface area contributed by atoms with Gasteiger partial charge in [0, 0.05) is 6.42 Å².